The van der Waals surface area contributed by atoms with Crippen molar-refractivity contribution in [2.24, 2.45) is 22.2 Å². The molecule has 0 bridgehead atoms. The zero-order valence-corrected chi connectivity index (χ0v) is 16.4. The fourth-order valence-electron chi connectivity index (χ4n) is 4.79. The van der Waals surface area contributed by atoms with Crippen molar-refractivity contribution in [1.82, 2.24) is 0 Å². The monoisotopic (exact) mass is 312 g/mol. The van der Waals surface area contributed by atoms with Gasteiger partial charge in [0.25, 0.3) is 0 Å². The Morgan fingerprint density at radius 2 is 1.36 bits per heavy atom. The maximum absolute atomic E-state index is 12.1. The number of carboxylic acid groups (broad SMARTS) is 1. The normalized spacial score (nSPS) is 14.9. The predicted molar refractivity (Wildman–Crippen MR) is 96.1 cm³/mol. The van der Waals surface area contributed by atoms with E-state index in [0.29, 0.717) is 0 Å². The van der Waals surface area contributed by atoms with Gasteiger partial charge >= 0.3 is 5.97 Å². The molecule has 22 heavy (non-hydrogen) atoms. The van der Waals surface area contributed by atoms with Crippen LogP contribution in [-0.4, -0.2) is 11.1 Å². The molecule has 1 N–H and O–H groups in total. The van der Waals surface area contributed by atoms with Crippen LogP contribution in [0.1, 0.15) is 100 Å². The van der Waals surface area contributed by atoms with E-state index >= 15 is 0 Å². The highest BCUT2D eigenvalue weighted by Crippen LogP contribution is 2.60. The summed E-state index contributed by atoms with van der Waals surface area (Å²) in [5.41, 5.74) is -0.249. The largest absolute Gasteiger partial charge is 0.481 e. The summed E-state index contributed by atoms with van der Waals surface area (Å²) in [5, 5.41) is 9.97. The van der Waals surface area contributed by atoms with Gasteiger partial charge in [-0.25, -0.2) is 0 Å². The summed E-state index contributed by atoms with van der Waals surface area (Å²) < 4.78 is 0. The van der Waals surface area contributed by atoms with Crippen molar-refractivity contribution in [1.29, 1.82) is 0 Å². The second kappa shape index (κ2) is 8.36. The van der Waals surface area contributed by atoms with Crippen LogP contribution in [0.15, 0.2) is 0 Å². The molecular formula is C20H40O2. The number of rotatable bonds is 9. The van der Waals surface area contributed by atoms with Gasteiger partial charge in [0, 0.05) is 0 Å². The molecule has 0 aliphatic heterocycles. The van der Waals surface area contributed by atoms with E-state index in [1.54, 1.807) is 0 Å². The molecule has 0 spiro atoms. The van der Waals surface area contributed by atoms with Gasteiger partial charge < -0.3 is 5.11 Å². The summed E-state index contributed by atoms with van der Waals surface area (Å²) in [5.74, 6) is -0.874. The zero-order chi connectivity index (χ0) is 17.6. The minimum absolute atomic E-state index is 0.0321. The highest BCUT2D eigenvalue weighted by atomic mass is 16.4. The third kappa shape index (κ3) is 4.73. The van der Waals surface area contributed by atoms with Crippen LogP contribution in [0, 0.1) is 22.2 Å². The summed E-state index contributed by atoms with van der Waals surface area (Å²) >= 11 is 0. The van der Waals surface area contributed by atoms with E-state index in [4.69, 9.17) is 0 Å². The van der Waals surface area contributed by atoms with Crippen molar-refractivity contribution in [3.8, 4) is 0 Å². The Morgan fingerprint density at radius 3 is 1.68 bits per heavy atom. The molecule has 0 aromatic heterocycles. The van der Waals surface area contributed by atoms with Gasteiger partial charge in [-0.15, -0.1) is 0 Å². The van der Waals surface area contributed by atoms with E-state index in [1.807, 2.05) is 0 Å². The maximum Gasteiger partial charge on any atom is 0.307 e. The Morgan fingerprint density at radius 1 is 0.864 bits per heavy atom. The Labute approximate surface area is 139 Å². The maximum atomic E-state index is 12.1. The fraction of sp³-hybridized carbons (Fsp3) is 0.950. The second-order valence-electron chi connectivity index (χ2n) is 8.96. The molecule has 0 aliphatic carbocycles. The number of hydrogen-bond donors (Lipinski definition) is 1. The predicted octanol–water partition coefficient (Wildman–Crippen LogP) is 6.54. The van der Waals surface area contributed by atoms with Crippen molar-refractivity contribution in [3.05, 3.63) is 0 Å². The lowest BCUT2D eigenvalue weighted by Crippen LogP contribution is -2.54. The van der Waals surface area contributed by atoms with Gasteiger partial charge in [-0.1, -0.05) is 87.5 Å². The molecule has 0 amide bonds. The van der Waals surface area contributed by atoms with Crippen molar-refractivity contribution in [3.63, 3.8) is 0 Å². The number of hydrogen-bond acceptors (Lipinski definition) is 1. The first kappa shape index (κ1) is 21.5. The average molecular weight is 313 g/mol. The zero-order valence-electron chi connectivity index (χ0n) is 16.4. The van der Waals surface area contributed by atoms with E-state index < -0.39 is 5.97 Å². The molecule has 0 fully saturated rings. The van der Waals surface area contributed by atoms with Crippen molar-refractivity contribution < 1.29 is 9.90 Å². The molecule has 132 valence electrons. The third-order valence-electron chi connectivity index (χ3n) is 5.57. The van der Waals surface area contributed by atoms with Gasteiger partial charge in [0.05, 0.1) is 5.92 Å². The lowest BCUT2D eigenvalue weighted by molar-refractivity contribution is -0.164. The van der Waals surface area contributed by atoms with E-state index in [1.165, 1.54) is 19.3 Å². The van der Waals surface area contributed by atoms with E-state index in [0.717, 1.165) is 25.7 Å². The van der Waals surface area contributed by atoms with Crippen LogP contribution in [0.3, 0.4) is 0 Å². The summed E-state index contributed by atoms with van der Waals surface area (Å²) in [6, 6.07) is 0. The smallest absolute Gasteiger partial charge is 0.307 e. The van der Waals surface area contributed by atoms with Crippen molar-refractivity contribution >= 4 is 5.97 Å². The van der Waals surface area contributed by atoms with Gasteiger partial charge in [0.1, 0.15) is 0 Å². The molecule has 2 heteroatoms. The van der Waals surface area contributed by atoms with Crippen LogP contribution < -0.4 is 0 Å². The van der Waals surface area contributed by atoms with Crippen LogP contribution >= 0.6 is 0 Å². The summed E-state index contributed by atoms with van der Waals surface area (Å²) in [4.78, 5) is 12.1. The third-order valence-corrected chi connectivity index (χ3v) is 5.57. The number of carbonyl (C=O) groups is 1. The molecule has 0 aliphatic rings. The Bertz CT molecular complexity index is 317. The van der Waals surface area contributed by atoms with Crippen LogP contribution in [0.2, 0.25) is 0 Å². The molecule has 0 heterocycles. The lowest BCUT2D eigenvalue weighted by atomic mass is 9.46. The minimum Gasteiger partial charge on any atom is -0.481 e. The summed E-state index contributed by atoms with van der Waals surface area (Å²) in [6.07, 6.45) is 7.53. The van der Waals surface area contributed by atoms with Crippen molar-refractivity contribution in [2.45, 2.75) is 100 Å². The Balaban J connectivity index is 5.81. The molecule has 0 radical (unpaired) electrons. The topological polar surface area (TPSA) is 37.3 Å². The molecule has 0 aromatic rings. The average Bonchev–Trinajstić information content (AvgIpc) is 2.33. The van der Waals surface area contributed by atoms with Crippen LogP contribution in [0.5, 0.6) is 0 Å². The van der Waals surface area contributed by atoms with Gasteiger partial charge in [-0.05, 0) is 29.1 Å². The highest BCUT2D eigenvalue weighted by Gasteiger charge is 2.56. The first-order valence-electron chi connectivity index (χ1n) is 9.18. The Hall–Kier alpha value is -0.530. The molecule has 1 atom stereocenters. The molecule has 0 rings (SSSR count). The number of carboxylic acids is 1. The Kier molecular flexibility index (Phi) is 8.16. The van der Waals surface area contributed by atoms with E-state index in [9.17, 15) is 9.90 Å². The first-order chi connectivity index (χ1) is 9.95. The van der Waals surface area contributed by atoms with Crippen LogP contribution in [0.4, 0.5) is 0 Å². The number of aliphatic carboxylic acids is 1. The molecule has 0 saturated heterocycles. The van der Waals surface area contributed by atoms with Gasteiger partial charge in [-0.2, -0.15) is 0 Å². The highest BCUT2D eigenvalue weighted by molar-refractivity contribution is 5.71. The fourth-order valence-corrected chi connectivity index (χ4v) is 4.79. The minimum atomic E-state index is -0.609. The molecule has 1 unspecified atom stereocenters. The molecule has 0 saturated carbocycles. The van der Waals surface area contributed by atoms with Gasteiger partial charge in [-0.3, -0.25) is 4.79 Å². The molecular weight excluding hydrogens is 272 g/mol. The second-order valence-corrected chi connectivity index (χ2v) is 8.96. The molecule has 2 nitrogen and oxygen atoms in total. The van der Waals surface area contributed by atoms with E-state index in [-0.39, 0.29) is 22.2 Å². The number of unbranched alkanes of at least 4 members (excludes halogenated alkanes) is 3. The molecule has 0 aromatic carbocycles. The van der Waals surface area contributed by atoms with E-state index in [2.05, 4.69) is 55.4 Å². The van der Waals surface area contributed by atoms with Crippen LogP contribution in [0.25, 0.3) is 0 Å². The van der Waals surface area contributed by atoms with Crippen molar-refractivity contribution in [2.75, 3.05) is 0 Å². The SMILES string of the molecule is CCCCCCC(C(CCC)C(=O)O)(C(C)(C)C)C(C)(C)C. The van der Waals surface area contributed by atoms with Crippen LogP contribution in [-0.2, 0) is 4.79 Å². The summed E-state index contributed by atoms with van der Waals surface area (Å²) in [7, 11) is 0. The van der Waals surface area contributed by atoms with Gasteiger partial charge in [0.15, 0.2) is 0 Å². The standard InChI is InChI=1S/C20H40O2/c1-9-11-12-13-15-20(18(3,4)5,19(6,7)8)16(14-10-2)17(21)22/h16H,9-15H2,1-8H3,(H,21,22). The van der Waals surface area contributed by atoms with Gasteiger partial charge in [0.2, 0.25) is 0 Å². The lowest BCUT2D eigenvalue weighted by Gasteiger charge is -2.57. The quantitative estimate of drug-likeness (QED) is 0.491. The summed E-state index contributed by atoms with van der Waals surface area (Å²) in [6.45, 7) is 17.8. The first-order valence-corrected chi connectivity index (χ1v) is 9.18.